The van der Waals surface area contributed by atoms with E-state index in [2.05, 4.69) is 65.1 Å². The van der Waals surface area contributed by atoms with E-state index < -0.39 is 138 Å². The molecule has 1 aromatic rings. The minimum Gasteiger partial charge on any atom is -0.480 e. The standard InChI is InChI=1S/C47H83N13O12S/c1-9-24(5)35(57-39(63)29(49)15-13-14-18-48)46(70)56-33(22-73)42(66)60-37(26(7)11-3)44(68)54-31(19-28-20-51-23-52-28)41(65)59-36(25(6)10-2)43(67)53-30(16-17-34(50)62)40(64)58-38(27(8)12-4)45(69)55-32(21-61)47(71)72/h20,23-27,29-33,35-38,61,73H,9-19,21-22,48-49H2,1-8H3,(H2,50,62)(H,51,52)(H,53,67)(H,54,68)(H,55,69)(H,56,70)(H,57,63)(H,58,64)(H,59,65)(H,60,66)(H,71,72). The number of carbonyl (C=O) groups excluding carboxylic acids is 9. The Bertz CT molecular complexity index is 1960. The predicted octanol–water partition coefficient (Wildman–Crippen LogP) is -2.26. The number of imidazole rings is 1. The second-order valence-electron chi connectivity index (χ2n) is 18.6. The van der Waals surface area contributed by atoms with Crippen molar-refractivity contribution in [2.75, 3.05) is 18.9 Å². The minimum absolute atomic E-state index is 0.177. The number of carboxylic acid groups (broad SMARTS) is 1. The maximum atomic E-state index is 14.4. The number of nitrogens with two attached hydrogens (primary N) is 3. The van der Waals surface area contributed by atoms with Gasteiger partial charge in [0.25, 0.3) is 0 Å². The number of hydrogen-bond donors (Lipinski definition) is 15. The molecule has 17 N–H and O–H groups in total. The van der Waals surface area contributed by atoms with E-state index in [0.29, 0.717) is 57.2 Å². The van der Waals surface area contributed by atoms with Gasteiger partial charge in [0.05, 0.1) is 19.0 Å². The second-order valence-corrected chi connectivity index (χ2v) is 19.0. The maximum Gasteiger partial charge on any atom is 0.328 e. The average Bonchev–Trinajstić information content (AvgIpc) is 3.89. The molecule has 1 aromatic heterocycles. The van der Waals surface area contributed by atoms with Crippen molar-refractivity contribution in [1.29, 1.82) is 0 Å². The lowest BCUT2D eigenvalue weighted by Gasteiger charge is -2.31. The molecule has 0 spiro atoms. The Hall–Kier alpha value is -5.86. The van der Waals surface area contributed by atoms with Crippen molar-refractivity contribution in [3.8, 4) is 0 Å². The first kappa shape index (κ1) is 65.2. The molecule has 0 aromatic carbocycles. The molecule has 1 rings (SSSR count). The Labute approximate surface area is 433 Å². The molecule has 13 unspecified atom stereocenters. The minimum atomic E-state index is -1.68. The fourth-order valence-electron chi connectivity index (χ4n) is 7.28. The van der Waals surface area contributed by atoms with Crippen molar-refractivity contribution in [3.63, 3.8) is 0 Å². The first-order valence-electron chi connectivity index (χ1n) is 25.0. The summed E-state index contributed by atoms with van der Waals surface area (Å²) in [5.41, 5.74) is 17.5. The van der Waals surface area contributed by atoms with Gasteiger partial charge >= 0.3 is 5.97 Å². The number of unbranched alkanes of at least 4 members (excludes halogenated alkanes) is 1. The maximum absolute atomic E-state index is 14.4. The van der Waals surface area contributed by atoms with Gasteiger partial charge in [-0.05, 0) is 49.5 Å². The Balaban J connectivity index is 3.50. The number of hydrogen-bond acceptors (Lipinski definition) is 15. The van der Waals surface area contributed by atoms with Gasteiger partial charge in [0.15, 0.2) is 0 Å². The topological polar surface area (TPSA) is 414 Å². The zero-order valence-corrected chi connectivity index (χ0v) is 44.4. The summed E-state index contributed by atoms with van der Waals surface area (Å²) in [5, 5.41) is 39.6. The van der Waals surface area contributed by atoms with Gasteiger partial charge in [0, 0.05) is 30.5 Å². The number of thiol groups is 1. The normalized spacial score (nSPS) is 16.6. The van der Waals surface area contributed by atoms with E-state index in [-0.39, 0.29) is 30.9 Å². The molecule has 9 amide bonds. The molecule has 13 atom stereocenters. The molecule has 0 saturated heterocycles. The number of aliphatic carboxylic acids is 1. The molecule has 0 bridgehead atoms. The lowest BCUT2D eigenvalue weighted by atomic mass is 9.95. The third-order valence-electron chi connectivity index (χ3n) is 13.0. The van der Waals surface area contributed by atoms with Crippen LogP contribution in [-0.2, 0) is 54.4 Å². The van der Waals surface area contributed by atoms with E-state index in [0.717, 1.165) is 0 Å². The van der Waals surface area contributed by atoms with Crippen LogP contribution in [0.15, 0.2) is 12.5 Å². The van der Waals surface area contributed by atoms with Crippen LogP contribution in [-0.4, -0.2) is 153 Å². The second kappa shape index (κ2) is 33.8. The van der Waals surface area contributed by atoms with Gasteiger partial charge in [-0.1, -0.05) is 87.5 Å². The molecule has 0 aliphatic heterocycles. The summed E-state index contributed by atoms with van der Waals surface area (Å²) in [6.07, 6.45) is 5.03. The summed E-state index contributed by atoms with van der Waals surface area (Å²) in [6.45, 7) is 13.3. The van der Waals surface area contributed by atoms with Gasteiger partial charge in [0.1, 0.15) is 48.3 Å². The van der Waals surface area contributed by atoms with Gasteiger partial charge in [-0.3, -0.25) is 43.2 Å². The number of carboxylic acids is 1. The van der Waals surface area contributed by atoms with Gasteiger partial charge < -0.3 is 74.9 Å². The molecule has 0 aliphatic rings. The third kappa shape index (κ3) is 22.0. The van der Waals surface area contributed by atoms with Crippen LogP contribution in [0, 0.1) is 23.7 Å². The van der Waals surface area contributed by atoms with Crippen molar-refractivity contribution in [2.24, 2.45) is 40.9 Å². The highest BCUT2D eigenvalue weighted by Gasteiger charge is 2.38. The molecule has 414 valence electrons. The van der Waals surface area contributed by atoms with Crippen LogP contribution in [0.2, 0.25) is 0 Å². The van der Waals surface area contributed by atoms with Gasteiger partial charge in [-0.2, -0.15) is 12.6 Å². The van der Waals surface area contributed by atoms with Crippen molar-refractivity contribution in [2.45, 2.75) is 174 Å². The highest BCUT2D eigenvalue weighted by Crippen LogP contribution is 2.15. The quantitative estimate of drug-likeness (QED) is 0.0249. The molecule has 73 heavy (non-hydrogen) atoms. The number of rotatable bonds is 36. The number of nitrogens with zero attached hydrogens (tertiary/aromatic N) is 1. The number of H-pyrrole nitrogens is 1. The van der Waals surface area contributed by atoms with Crippen LogP contribution in [0.3, 0.4) is 0 Å². The number of primary amides is 1. The number of aromatic amines is 1. The lowest BCUT2D eigenvalue weighted by molar-refractivity contribution is -0.143. The van der Waals surface area contributed by atoms with Crippen molar-refractivity contribution >= 4 is 71.8 Å². The summed E-state index contributed by atoms with van der Waals surface area (Å²) in [5.74, 6) is -11.0. The van der Waals surface area contributed by atoms with Crippen LogP contribution >= 0.6 is 12.6 Å². The number of aromatic nitrogens is 2. The van der Waals surface area contributed by atoms with Crippen molar-refractivity contribution < 1.29 is 58.2 Å². The van der Waals surface area contributed by atoms with Crippen molar-refractivity contribution in [1.82, 2.24) is 52.5 Å². The number of carbonyl (C=O) groups is 10. The molecule has 0 aliphatic carbocycles. The molecular formula is C47H83N13O12S. The van der Waals surface area contributed by atoms with E-state index in [9.17, 15) is 58.2 Å². The van der Waals surface area contributed by atoms with E-state index in [4.69, 9.17) is 17.2 Å². The highest BCUT2D eigenvalue weighted by molar-refractivity contribution is 7.80. The zero-order valence-electron chi connectivity index (χ0n) is 43.5. The van der Waals surface area contributed by atoms with E-state index in [1.54, 1.807) is 48.5 Å². The van der Waals surface area contributed by atoms with Crippen LogP contribution in [0.4, 0.5) is 0 Å². The van der Waals surface area contributed by atoms with Gasteiger partial charge in [-0.25, -0.2) is 9.78 Å². The van der Waals surface area contributed by atoms with Crippen LogP contribution in [0.25, 0.3) is 0 Å². The van der Waals surface area contributed by atoms with Gasteiger partial charge in [-0.15, -0.1) is 0 Å². The molecular weight excluding hydrogens is 971 g/mol. The number of aliphatic hydroxyl groups excluding tert-OH is 1. The first-order chi connectivity index (χ1) is 34.4. The third-order valence-corrected chi connectivity index (χ3v) is 13.4. The molecule has 26 heteroatoms. The summed E-state index contributed by atoms with van der Waals surface area (Å²) < 4.78 is 0. The average molecular weight is 1050 g/mol. The SMILES string of the molecule is CCC(C)C(NC(=O)C(N)CCCCN)C(=O)NC(CS)C(=O)NC(C(=O)NC(Cc1cnc[nH]1)C(=O)NC(C(=O)NC(CCC(N)=O)C(=O)NC(C(=O)NC(CO)C(=O)O)C(C)CC)C(C)CC)C(C)CC. The smallest absolute Gasteiger partial charge is 0.328 e. The lowest BCUT2D eigenvalue weighted by Crippen LogP contribution is -2.62. The van der Waals surface area contributed by atoms with Crippen LogP contribution in [0.5, 0.6) is 0 Å². The number of amides is 9. The molecule has 0 radical (unpaired) electrons. The van der Waals surface area contributed by atoms with E-state index in [1.165, 1.54) is 12.5 Å². The number of aliphatic hydroxyl groups is 1. The molecule has 1 heterocycles. The predicted molar refractivity (Wildman–Crippen MR) is 273 cm³/mol. The fourth-order valence-corrected chi connectivity index (χ4v) is 7.53. The Morgan fingerprint density at radius 3 is 1.36 bits per heavy atom. The summed E-state index contributed by atoms with van der Waals surface area (Å²) in [7, 11) is 0. The molecule has 0 fully saturated rings. The highest BCUT2D eigenvalue weighted by atomic mass is 32.1. The monoisotopic (exact) mass is 1050 g/mol. The number of nitrogens with one attached hydrogen (secondary N) is 9. The Morgan fingerprint density at radius 1 is 0.589 bits per heavy atom. The molecule has 0 saturated carbocycles. The van der Waals surface area contributed by atoms with Crippen molar-refractivity contribution in [3.05, 3.63) is 18.2 Å². The van der Waals surface area contributed by atoms with Crippen LogP contribution < -0.4 is 59.7 Å². The Morgan fingerprint density at radius 2 is 0.986 bits per heavy atom. The fraction of sp³-hybridized carbons (Fsp3) is 0.723. The van der Waals surface area contributed by atoms with E-state index in [1.807, 2.05) is 6.92 Å². The van der Waals surface area contributed by atoms with E-state index >= 15 is 0 Å². The summed E-state index contributed by atoms with van der Waals surface area (Å²) >= 11 is 4.31. The zero-order chi connectivity index (χ0) is 55.5. The largest absolute Gasteiger partial charge is 0.480 e. The van der Waals surface area contributed by atoms with Crippen LogP contribution in [0.1, 0.15) is 119 Å². The first-order valence-corrected chi connectivity index (χ1v) is 25.7. The summed E-state index contributed by atoms with van der Waals surface area (Å²) in [4.78, 5) is 141. The Kier molecular flexibility index (Phi) is 30.2. The van der Waals surface area contributed by atoms with Gasteiger partial charge in [0.2, 0.25) is 53.2 Å². The summed E-state index contributed by atoms with van der Waals surface area (Å²) in [6, 6.07) is -11.8. The molecule has 25 nitrogen and oxygen atoms in total.